The van der Waals surface area contributed by atoms with E-state index < -0.39 is 24.4 Å². The Balaban J connectivity index is 1.60. The second kappa shape index (κ2) is 8.97. The number of carbonyl (C=O) groups excluding carboxylic acids is 3. The Kier molecular flexibility index (Phi) is 6.19. The van der Waals surface area contributed by atoms with Gasteiger partial charge in [-0.25, -0.2) is 4.79 Å². The van der Waals surface area contributed by atoms with Crippen LogP contribution in [-0.4, -0.2) is 36.5 Å². The van der Waals surface area contributed by atoms with Crippen LogP contribution < -0.4 is 10.1 Å². The maximum absolute atomic E-state index is 12.4. The summed E-state index contributed by atoms with van der Waals surface area (Å²) in [5.41, 5.74) is 2.22. The van der Waals surface area contributed by atoms with Crippen LogP contribution in [0.3, 0.4) is 0 Å². The van der Waals surface area contributed by atoms with Crippen molar-refractivity contribution in [1.82, 2.24) is 10.3 Å². The smallest absolute Gasteiger partial charge is 0.340 e. The number of aromatic nitrogens is 1. The van der Waals surface area contributed by atoms with Crippen LogP contribution >= 0.6 is 0 Å². The summed E-state index contributed by atoms with van der Waals surface area (Å²) in [6.07, 6.45) is 0.0655. The van der Waals surface area contributed by atoms with E-state index in [0.717, 1.165) is 5.56 Å². The molecular weight excluding hydrogens is 372 g/mol. The number of fused-ring (bicyclic) bond motifs is 1. The number of amides is 2. The molecule has 148 valence electrons. The first-order chi connectivity index (χ1) is 14.0. The minimum absolute atomic E-state index is 0.0655. The number of hydrogen-bond donors (Lipinski definition) is 1. The van der Waals surface area contributed by atoms with Gasteiger partial charge in [-0.1, -0.05) is 30.3 Å². The van der Waals surface area contributed by atoms with Crippen molar-refractivity contribution in [1.29, 1.82) is 0 Å². The Hall–Kier alpha value is -3.74. The number of ether oxygens (including phenoxy) is 2. The molecule has 2 amide bonds. The third-order valence-electron chi connectivity index (χ3n) is 4.25. The number of rotatable bonds is 6. The fourth-order valence-corrected chi connectivity index (χ4v) is 2.81. The molecule has 1 heterocycles. The van der Waals surface area contributed by atoms with Gasteiger partial charge in [0.1, 0.15) is 5.75 Å². The molecular formula is C22H20N2O5. The Labute approximate surface area is 167 Å². The summed E-state index contributed by atoms with van der Waals surface area (Å²) in [5, 5.41) is 2.92. The zero-order valence-electron chi connectivity index (χ0n) is 16.1. The van der Waals surface area contributed by atoms with E-state index in [1.54, 1.807) is 50.4 Å². The molecule has 0 aliphatic heterocycles. The molecule has 2 aromatic carbocycles. The molecule has 29 heavy (non-hydrogen) atoms. The van der Waals surface area contributed by atoms with Crippen molar-refractivity contribution in [2.75, 3.05) is 13.7 Å². The molecule has 0 aliphatic carbocycles. The predicted molar refractivity (Wildman–Crippen MR) is 107 cm³/mol. The predicted octanol–water partition coefficient (Wildman–Crippen LogP) is 2.59. The molecule has 0 saturated heterocycles. The molecule has 1 N–H and O–H groups in total. The lowest BCUT2D eigenvalue weighted by atomic mass is 10.1. The summed E-state index contributed by atoms with van der Waals surface area (Å²) in [6.45, 7) is 1.12. The highest BCUT2D eigenvalue weighted by molar-refractivity contribution is 5.99. The van der Waals surface area contributed by atoms with Crippen LogP contribution in [-0.2, 0) is 20.7 Å². The van der Waals surface area contributed by atoms with Crippen LogP contribution in [0.15, 0.2) is 54.6 Å². The summed E-state index contributed by atoms with van der Waals surface area (Å²) >= 11 is 0. The van der Waals surface area contributed by atoms with E-state index in [9.17, 15) is 14.4 Å². The lowest BCUT2D eigenvalue weighted by Gasteiger charge is -2.09. The average Bonchev–Trinajstić information content (AvgIpc) is 2.71. The lowest BCUT2D eigenvalue weighted by Crippen LogP contribution is -2.35. The minimum Gasteiger partial charge on any atom is -0.497 e. The zero-order chi connectivity index (χ0) is 20.8. The number of imide groups is 1. The molecule has 0 atom stereocenters. The summed E-state index contributed by atoms with van der Waals surface area (Å²) in [4.78, 5) is 40.6. The maximum atomic E-state index is 12.4. The highest BCUT2D eigenvalue weighted by Crippen LogP contribution is 2.22. The highest BCUT2D eigenvalue weighted by Gasteiger charge is 2.16. The summed E-state index contributed by atoms with van der Waals surface area (Å²) < 4.78 is 10.2. The molecule has 3 rings (SSSR count). The number of nitrogens with one attached hydrogen (secondary N) is 1. The minimum atomic E-state index is -0.689. The molecule has 7 nitrogen and oxygen atoms in total. The van der Waals surface area contributed by atoms with E-state index in [1.165, 1.54) is 0 Å². The van der Waals surface area contributed by atoms with E-state index in [1.807, 2.05) is 18.2 Å². The number of nitrogens with zero attached hydrogens (tertiary/aromatic N) is 1. The van der Waals surface area contributed by atoms with E-state index >= 15 is 0 Å². The van der Waals surface area contributed by atoms with Gasteiger partial charge >= 0.3 is 5.97 Å². The number of carbonyl (C=O) groups is 3. The molecule has 0 spiro atoms. The van der Waals surface area contributed by atoms with Crippen LogP contribution in [0.5, 0.6) is 5.75 Å². The van der Waals surface area contributed by atoms with Gasteiger partial charge in [0.05, 0.1) is 30.3 Å². The molecule has 0 bridgehead atoms. The lowest BCUT2D eigenvalue weighted by molar-refractivity contribution is -0.132. The van der Waals surface area contributed by atoms with Gasteiger partial charge in [0.15, 0.2) is 6.61 Å². The third-order valence-corrected chi connectivity index (χ3v) is 4.25. The van der Waals surface area contributed by atoms with Gasteiger partial charge in [0.25, 0.3) is 5.91 Å². The fourth-order valence-electron chi connectivity index (χ4n) is 2.81. The SMILES string of the molecule is COc1ccc2nc(C)c(C(=O)OCC(=O)NC(=O)Cc3ccccc3)cc2c1. The van der Waals surface area contributed by atoms with Gasteiger partial charge in [-0.3, -0.25) is 19.9 Å². The number of hydrogen-bond acceptors (Lipinski definition) is 6. The highest BCUT2D eigenvalue weighted by atomic mass is 16.5. The van der Waals surface area contributed by atoms with Crippen molar-refractivity contribution in [2.24, 2.45) is 0 Å². The Bertz CT molecular complexity index is 1060. The van der Waals surface area contributed by atoms with Gasteiger partial charge < -0.3 is 9.47 Å². The van der Waals surface area contributed by atoms with Crippen molar-refractivity contribution in [2.45, 2.75) is 13.3 Å². The number of pyridine rings is 1. The number of methoxy groups -OCH3 is 1. The number of esters is 1. The van der Waals surface area contributed by atoms with Gasteiger partial charge in [-0.2, -0.15) is 0 Å². The van der Waals surface area contributed by atoms with Crippen molar-refractivity contribution in [3.63, 3.8) is 0 Å². The number of aryl methyl sites for hydroxylation is 1. The molecule has 0 unspecified atom stereocenters. The van der Waals surface area contributed by atoms with Gasteiger partial charge in [0, 0.05) is 5.39 Å². The van der Waals surface area contributed by atoms with E-state index in [0.29, 0.717) is 22.3 Å². The molecule has 3 aromatic rings. The second-order valence-corrected chi connectivity index (χ2v) is 6.39. The monoisotopic (exact) mass is 392 g/mol. The molecule has 0 saturated carbocycles. The first-order valence-electron chi connectivity index (χ1n) is 8.95. The third kappa shape index (κ3) is 5.16. The van der Waals surface area contributed by atoms with E-state index in [-0.39, 0.29) is 12.0 Å². The van der Waals surface area contributed by atoms with Gasteiger partial charge in [-0.05, 0) is 36.8 Å². The topological polar surface area (TPSA) is 94.6 Å². The van der Waals surface area contributed by atoms with Crippen LogP contribution in [0.2, 0.25) is 0 Å². The normalized spacial score (nSPS) is 10.4. The summed E-state index contributed by atoms with van der Waals surface area (Å²) in [5.74, 6) is -1.20. The van der Waals surface area contributed by atoms with Crippen molar-refractivity contribution < 1.29 is 23.9 Å². The van der Waals surface area contributed by atoms with Crippen LogP contribution in [0, 0.1) is 6.92 Å². The Morgan fingerprint density at radius 2 is 1.76 bits per heavy atom. The second-order valence-electron chi connectivity index (χ2n) is 6.39. The van der Waals surface area contributed by atoms with Crippen LogP contribution in [0.4, 0.5) is 0 Å². The van der Waals surface area contributed by atoms with Crippen LogP contribution in [0.1, 0.15) is 21.6 Å². The largest absolute Gasteiger partial charge is 0.497 e. The fraction of sp³-hybridized carbons (Fsp3) is 0.182. The van der Waals surface area contributed by atoms with Gasteiger partial charge in [-0.15, -0.1) is 0 Å². The maximum Gasteiger partial charge on any atom is 0.340 e. The summed E-state index contributed by atoms with van der Waals surface area (Å²) in [6, 6.07) is 16.0. The Morgan fingerprint density at radius 3 is 2.48 bits per heavy atom. The molecule has 7 heteroatoms. The number of benzene rings is 2. The molecule has 1 aromatic heterocycles. The Morgan fingerprint density at radius 1 is 1.00 bits per heavy atom. The van der Waals surface area contributed by atoms with Gasteiger partial charge in [0.2, 0.25) is 5.91 Å². The first-order valence-corrected chi connectivity index (χ1v) is 8.95. The van der Waals surface area contributed by atoms with Crippen molar-refractivity contribution >= 4 is 28.7 Å². The van der Waals surface area contributed by atoms with Crippen molar-refractivity contribution in [3.05, 3.63) is 71.4 Å². The zero-order valence-corrected chi connectivity index (χ0v) is 16.1. The van der Waals surface area contributed by atoms with E-state index in [4.69, 9.17) is 9.47 Å². The molecule has 0 aliphatic rings. The van der Waals surface area contributed by atoms with Crippen molar-refractivity contribution in [3.8, 4) is 5.75 Å². The quantitative estimate of drug-likeness (QED) is 0.648. The van der Waals surface area contributed by atoms with Crippen LogP contribution in [0.25, 0.3) is 10.9 Å². The first kappa shape index (κ1) is 20.0. The standard InChI is InChI=1S/C22H20N2O5/c1-14-18(12-16-11-17(28-2)8-9-19(16)23-14)22(27)29-13-21(26)24-20(25)10-15-6-4-3-5-7-15/h3-9,11-12H,10,13H2,1-2H3,(H,24,25,26). The average molecular weight is 392 g/mol. The van der Waals surface area contributed by atoms with E-state index in [2.05, 4.69) is 10.3 Å². The molecule has 0 fully saturated rings. The molecule has 0 radical (unpaired) electrons. The summed E-state index contributed by atoms with van der Waals surface area (Å²) in [7, 11) is 1.55.